The Morgan fingerprint density at radius 3 is 2.42 bits per heavy atom. The third-order valence-corrected chi connectivity index (χ3v) is 2.51. The average Bonchev–Trinajstić information content (AvgIpc) is 2.40. The van der Waals surface area contributed by atoms with E-state index in [4.69, 9.17) is 5.84 Å². The van der Waals surface area contributed by atoms with Crippen LogP contribution in [0, 0.1) is 0 Å². The van der Waals surface area contributed by atoms with Crippen molar-refractivity contribution in [2.24, 2.45) is 5.84 Å². The molecule has 0 aliphatic heterocycles. The van der Waals surface area contributed by atoms with Crippen molar-refractivity contribution in [1.82, 2.24) is 20.4 Å². The number of halogens is 3. The molecule has 0 radical (unpaired) electrons. The topological polar surface area (TPSA) is 76.7 Å². The molecular formula is C11H10F3N5. The predicted molar refractivity (Wildman–Crippen MR) is 60.4 cm³/mol. The number of nitrogens with zero attached hydrogens (tertiary/aromatic N) is 3. The summed E-state index contributed by atoms with van der Waals surface area (Å²) in [5.74, 6) is 5.34. The lowest BCUT2D eigenvalue weighted by Gasteiger charge is -2.19. The number of hydrogen-bond donors (Lipinski definition) is 2. The quantitative estimate of drug-likeness (QED) is 0.651. The monoisotopic (exact) mass is 269 g/mol. The van der Waals surface area contributed by atoms with Crippen molar-refractivity contribution < 1.29 is 13.2 Å². The number of rotatable bonds is 3. The largest absolute Gasteiger partial charge is 0.416 e. The number of alkyl halides is 3. The second kappa shape index (κ2) is 5.29. The smallest absolute Gasteiger partial charge is 0.271 e. The predicted octanol–water partition coefficient (Wildman–Crippen LogP) is 1.44. The van der Waals surface area contributed by atoms with Crippen LogP contribution in [-0.4, -0.2) is 15.0 Å². The summed E-state index contributed by atoms with van der Waals surface area (Å²) in [4.78, 5) is 11.5. The number of pyridine rings is 1. The van der Waals surface area contributed by atoms with Gasteiger partial charge in [0.15, 0.2) is 0 Å². The molecule has 2 rings (SSSR count). The first kappa shape index (κ1) is 13.4. The van der Waals surface area contributed by atoms with E-state index in [9.17, 15) is 13.2 Å². The van der Waals surface area contributed by atoms with E-state index in [1.54, 1.807) is 0 Å². The van der Waals surface area contributed by atoms with Crippen LogP contribution in [-0.2, 0) is 6.18 Å². The highest BCUT2D eigenvalue weighted by molar-refractivity contribution is 5.33. The molecule has 0 fully saturated rings. The molecule has 2 heterocycles. The summed E-state index contributed by atoms with van der Waals surface area (Å²) in [6.45, 7) is 0. The zero-order valence-electron chi connectivity index (χ0n) is 9.59. The number of hydrogen-bond acceptors (Lipinski definition) is 5. The van der Waals surface area contributed by atoms with Gasteiger partial charge in [0, 0.05) is 30.4 Å². The van der Waals surface area contributed by atoms with Crippen LogP contribution in [0.1, 0.15) is 22.9 Å². The van der Waals surface area contributed by atoms with Gasteiger partial charge in [-0.1, -0.05) is 0 Å². The van der Waals surface area contributed by atoms with Crippen LogP contribution < -0.4 is 11.3 Å². The molecule has 0 bridgehead atoms. The molecule has 0 amide bonds. The van der Waals surface area contributed by atoms with Crippen LogP contribution >= 0.6 is 0 Å². The Balaban J connectivity index is 2.51. The zero-order valence-corrected chi connectivity index (χ0v) is 9.59. The second-order valence-corrected chi connectivity index (χ2v) is 3.69. The van der Waals surface area contributed by atoms with Gasteiger partial charge < -0.3 is 0 Å². The van der Waals surface area contributed by atoms with Gasteiger partial charge >= 0.3 is 6.18 Å². The van der Waals surface area contributed by atoms with E-state index in [1.165, 1.54) is 18.6 Å². The first-order chi connectivity index (χ1) is 9.04. The first-order valence-corrected chi connectivity index (χ1v) is 5.27. The van der Waals surface area contributed by atoms with E-state index in [0.29, 0.717) is 0 Å². The van der Waals surface area contributed by atoms with Gasteiger partial charge in [-0.25, -0.2) is 5.43 Å². The minimum absolute atomic E-state index is 0.0991. The van der Waals surface area contributed by atoms with Crippen LogP contribution in [0.15, 0.2) is 37.1 Å². The summed E-state index contributed by atoms with van der Waals surface area (Å²) in [6, 6.07) is -0.0326. The Morgan fingerprint density at radius 2 is 1.84 bits per heavy atom. The van der Waals surface area contributed by atoms with Crippen molar-refractivity contribution in [3.8, 4) is 0 Å². The third-order valence-electron chi connectivity index (χ3n) is 2.51. The minimum atomic E-state index is -4.49. The second-order valence-electron chi connectivity index (χ2n) is 3.69. The molecule has 0 aromatic carbocycles. The molecule has 5 nitrogen and oxygen atoms in total. The summed E-state index contributed by atoms with van der Waals surface area (Å²) in [5, 5.41) is 0. The fourth-order valence-corrected chi connectivity index (χ4v) is 1.69. The molecule has 8 heteroatoms. The average molecular weight is 269 g/mol. The highest BCUT2D eigenvalue weighted by Crippen LogP contribution is 2.35. The fourth-order valence-electron chi connectivity index (χ4n) is 1.69. The van der Waals surface area contributed by atoms with Gasteiger partial charge in [-0.3, -0.25) is 20.8 Å². The Labute approximate surface area is 106 Å². The molecule has 3 N–H and O–H groups in total. The van der Waals surface area contributed by atoms with E-state index in [1.807, 2.05) is 0 Å². The Kier molecular flexibility index (Phi) is 3.72. The summed E-state index contributed by atoms with van der Waals surface area (Å²) >= 11 is 0. The van der Waals surface area contributed by atoms with E-state index in [0.717, 1.165) is 18.5 Å². The molecule has 1 unspecified atom stereocenters. The van der Waals surface area contributed by atoms with Crippen molar-refractivity contribution in [2.75, 3.05) is 0 Å². The molecule has 0 spiro atoms. The summed E-state index contributed by atoms with van der Waals surface area (Å²) in [5.41, 5.74) is 1.68. The molecule has 2 aromatic heterocycles. The number of nitrogens with one attached hydrogen (secondary N) is 1. The first-order valence-electron chi connectivity index (χ1n) is 5.27. The summed E-state index contributed by atoms with van der Waals surface area (Å²) in [6.07, 6.45) is 1.85. The minimum Gasteiger partial charge on any atom is -0.271 e. The number of aromatic nitrogens is 3. The fraction of sp³-hybridized carbons (Fsp3) is 0.182. The van der Waals surface area contributed by atoms with E-state index >= 15 is 0 Å². The van der Waals surface area contributed by atoms with Gasteiger partial charge in [-0.15, -0.1) is 0 Å². The highest BCUT2D eigenvalue weighted by Gasteiger charge is 2.35. The van der Waals surface area contributed by atoms with Crippen LogP contribution in [0.25, 0.3) is 0 Å². The molecule has 2 aromatic rings. The third kappa shape index (κ3) is 2.85. The zero-order chi connectivity index (χ0) is 13.9. The standard InChI is InChI=1S/C11H10F3N5/c12-11(13,14)8-1-2-16-5-7(8)10(19-15)9-6-17-3-4-18-9/h1-6,10,19H,15H2. The van der Waals surface area contributed by atoms with E-state index in [-0.39, 0.29) is 11.3 Å². The maximum absolute atomic E-state index is 12.9. The van der Waals surface area contributed by atoms with Crippen molar-refractivity contribution >= 4 is 0 Å². The molecule has 0 aliphatic rings. The van der Waals surface area contributed by atoms with Gasteiger partial charge in [0.25, 0.3) is 0 Å². The molecule has 100 valence electrons. The van der Waals surface area contributed by atoms with Crippen LogP contribution in [0.5, 0.6) is 0 Å². The SMILES string of the molecule is NNC(c1cnccn1)c1cnccc1C(F)(F)F. The lowest BCUT2D eigenvalue weighted by atomic mass is 10.0. The van der Waals surface area contributed by atoms with E-state index < -0.39 is 17.8 Å². The lowest BCUT2D eigenvalue weighted by Crippen LogP contribution is -2.31. The maximum Gasteiger partial charge on any atom is 0.416 e. The van der Waals surface area contributed by atoms with Crippen LogP contribution in [0.4, 0.5) is 13.2 Å². The number of nitrogens with two attached hydrogens (primary N) is 1. The Bertz CT molecular complexity index is 544. The van der Waals surface area contributed by atoms with Gasteiger partial charge in [-0.2, -0.15) is 13.2 Å². The Hall–Kier alpha value is -2.06. The van der Waals surface area contributed by atoms with Crippen LogP contribution in [0.3, 0.4) is 0 Å². The summed E-state index contributed by atoms with van der Waals surface area (Å²) in [7, 11) is 0. The molecular weight excluding hydrogens is 259 g/mol. The van der Waals surface area contributed by atoms with Crippen molar-refractivity contribution in [2.45, 2.75) is 12.2 Å². The van der Waals surface area contributed by atoms with E-state index in [2.05, 4.69) is 20.4 Å². The molecule has 0 saturated carbocycles. The van der Waals surface area contributed by atoms with Gasteiger partial charge in [0.2, 0.25) is 0 Å². The molecule has 1 atom stereocenters. The summed E-state index contributed by atoms with van der Waals surface area (Å²) < 4.78 is 38.8. The Morgan fingerprint density at radius 1 is 1.11 bits per heavy atom. The van der Waals surface area contributed by atoms with Gasteiger partial charge in [0.05, 0.1) is 23.5 Å². The van der Waals surface area contributed by atoms with Crippen molar-refractivity contribution in [3.63, 3.8) is 0 Å². The lowest BCUT2D eigenvalue weighted by molar-refractivity contribution is -0.138. The van der Waals surface area contributed by atoms with Crippen molar-refractivity contribution in [1.29, 1.82) is 0 Å². The molecule has 0 aliphatic carbocycles. The van der Waals surface area contributed by atoms with Crippen LogP contribution in [0.2, 0.25) is 0 Å². The number of hydrazine groups is 1. The highest BCUT2D eigenvalue weighted by atomic mass is 19.4. The van der Waals surface area contributed by atoms with Crippen molar-refractivity contribution in [3.05, 3.63) is 53.9 Å². The molecule has 19 heavy (non-hydrogen) atoms. The maximum atomic E-state index is 12.9. The normalized spacial score (nSPS) is 13.3. The van der Waals surface area contributed by atoms with Gasteiger partial charge in [-0.05, 0) is 6.07 Å². The molecule has 0 saturated heterocycles. The van der Waals surface area contributed by atoms with Gasteiger partial charge in [0.1, 0.15) is 0 Å².